The lowest BCUT2D eigenvalue weighted by atomic mass is 9.88. The molecule has 1 aromatic rings. The van der Waals surface area contributed by atoms with Gasteiger partial charge in [0.05, 0.1) is 24.5 Å². The normalized spacial score (nSPS) is 23.9. The molecule has 1 saturated heterocycles. The van der Waals surface area contributed by atoms with Gasteiger partial charge >= 0.3 is 0 Å². The number of carbonyl (C=O) groups excluding carboxylic acids is 1. The minimum absolute atomic E-state index is 0.178. The van der Waals surface area contributed by atoms with Crippen molar-refractivity contribution in [1.29, 1.82) is 0 Å². The van der Waals surface area contributed by atoms with Gasteiger partial charge in [0, 0.05) is 25.7 Å². The summed E-state index contributed by atoms with van der Waals surface area (Å²) in [5, 5.41) is 0. The van der Waals surface area contributed by atoms with E-state index < -0.39 is 0 Å². The van der Waals surface area contributed by atoms with Gasteiger partial charge in [0.1, 0.15) is 0 Å². The zero-order valence-electron chi connectivity index (χ0n) is 10.6. The average Bonchev–Trinajstić information content (AvgIpc) is 2.39. The number of hydrogen-bond donors (Lipinski definition) is 0. The van der Waals surface area contributed by atoms with Gasteiger partial charge in [-0.05, 0) is 12.3 Å². The van der Waals surface area contributed by atoms with E-state index in [4.69, 9.17) is 4.74 Å². The fourth-order valence-corrected chi connectivity index (χ4v) is 2.54. The van der Waals surface area contributed by atoms with Crippen LogP contribution in [0.3, 0.4) is 0 Å². The number of Topliss-reactive ketones (excluding diaryl/α,β-unsaturated/α-hetero) is 1. The van der Waals surface area contributed by atoms with Gasteiger partial charge in [0.2, 0.25) is 5.95 Å². The molecule has 0 aromatic carbocycles. The summed E-state index contributed by atoms with van der Waals surface area (Å²) in [5.74, 6) is 1.30. The van der Waals surface area contributed by atoms with E-state index in [1.165, 1.54) is 0 Å². The average molecular weight is 247 g/mol. The maximum absolute atomic E-state index is 11.9. The van der Waals surface area contributed by atoms with Gasteiger partial charge in [-0.15, -0.1) is 0 Å². The van der Waals surface area contributed by atoms with Gasteiger partial charge in [0.25, 0.3) is 0 Å². The maximum Gasteiger partial charge on any atom is 0.225 e. The van der Waals surface area contributed by atoms with Crippen LogP contribution < -0.4 is 4.90 Å². The van der Waals surface area contributed by atoms with Crippen molar-refractivity contribution in [3.63, 3.8) is 0 Å². The van der Waals surface area contributed by atoms with Crippen molar-refractivity contribution < 1.29 is 9.53 Å². The zero-order valence-corrected chi connectivity index (χ0v) is 10.6. The predicted octanol–water partition coefficient (Wildman–Crippen LogP) is 1.08. The minimum atomic E-state index is 0.178. The Labute approximate surface area is 106 Å². The summed E-state index contributed by atoms with van der Waals surface area (Å²) in [4.78, 5) is 22.9. The quantitative estimate of drug-likeness (QED) is 0.743. The van der Waals surface area contributed by atoms with Gasteiger partial charge in [-0.25, -0.2) is 9.97 Å². The summed E-state index contributed by atoms with van der Waals surface area (Å²) in [5.41, 5.74) is 1.63. The highest BCUT2D eigenvalue weighted by atomic mass is 16.5. The Morgan fingerprint density at radius 1 is 1.33 bits per heavy atom. The molecule has 18 heavy (non-hydrogen) atoms. The fraction of sp³-hybridized carbons (Fsp3) is 0.615. The third-order valence-electron chi connectivity index (χ3n) is 3.52. The highest BCUT2D eigenvalue weighted by molar-refractivity contribution is 5.98. The third-order valence-corrected chi connectivity index (χ3v) is 3.52. The molecule has 0 spiro atoms. The van der Waals surface area contributed by atoms with E-state index in [-0.39, 0.29) is 5.78 Å². The number of aromatic nitrogens is 2. The number of morpholine rings is 1. The number of ketones is 1. The highest BCUT2D eigenvalue weighted by Crippen LogP contribution is 2.24. The first-order chi connectivity index (χ1) is 8.74. The summed E-state index contributed by atoms with van der Waals surface area (Å²) in [6.45, 7) is 5.17. The van der Waals surface area contributed by atoms with Gasteiger partial charge in [-0.1, -0.05) is 6.92 Å². The Balaban J connectivity index is 1.90. The molecule has 0 N–H and O–H groups in total. The van der Waals surface area contributed by atoms with E-state index in [2.05, 4.69) is 21.8 Å². The molecular weight excluding hydrogens is 230 g/mol. The maximum atomic E-state index is 11.9. The molecule has 5 heteroatoms. The first kappa shape index (κ1) is 11.6. The molecule has 1 fully saturated rings. The topological polar surface area (TPSA) is 55.3 Å². The van der Waals surface area contributed by atoms with Crippen LogP contribution in [0, 0.1) is 5.92 Å². The third kappa shape index (κ3) is 2.10. The van der Waals surface area contributed by atoms with Crippen molar-refractivity contribution in [2.45, 2.75) is 19.8 Å². The lowest BCUT2D eigenvalue weighted by molar-refractivity contribution is 0.0951. The second kappa shape index (κ2) is 4.65. The van der Waals surface area contributed by atoms with Crippen LogP contribution in [0.2, 0.25) is 0 Å². The van der Waals surface area contributed by atoms with Gasteiger partial charge in [0.15, 0.2) is 5.78 Å². The summed E-state index contributed by atoms with van der Waals surface area (Å²) < 4.78 is 5.32. The molecular formula is C13H17N3O2. The Morgan fingerprint density at radius 3 is 2.89 bits per heavy atom. The smallest absolute Gasteiger partial charge is 0.225 e. The number of nitrogens with zero attached hydrogens (tertiary/aromatic N) is 3. The molecule has 0 amide bonds. The summed E-state index contributed by atoms with van der Waals surface area (Å²) >= 11 is 0. The zero-order chi connectivity index (χ0) is 12.5. The molecule has 1 atom stereocenters. The first-order valence-electron chi connectivity index (χ1n) is 6.46. The van der Waals surface area contributed by atoms with Gasteiger partial charge < -0.3 is 9.64 Å². The molecule has 3 rings (SSSR count). The van der Waals surface area contributed by atoms with Crippen LogP contribution in [0.1, 0.15) is 29.4 Å². The fourth-order valence-electron chi connectivity index (χ4n) is 2.54. The molecule has 0 saturated carbocycles. The molecule has 0 radical (unpaired) electrons. The van der Waals surface area contributed by atoms with Crippen LogP contribution in [0.15, 0.2) is 6.20 Å². The largest absolute Gasteiger partial charge is 0.378 e. The van der Waals surface area contributed by atoms with Crippen molar-refractivity contribution in [1.82, 2.24) is 9.97 Å². The van der Waals surface area contributed by atoms with Crippen LogP contribution in [0.5, 0.6) is 0 Å². The predicted molar refractivity (Wildman–Crippen MR) is 66.9 cm³/mol. The second-order valence-corrected chi connectivity index (χ2v) is 5.07. The molecule has 0 unspecified atom stereocenters. The van der Waals surface area contributed by atoms with Crippen molar-refractivity contribution >= 4 is 11.7 Å². The van der Waals surface area contributed by atoms with Gasteiger partial charge in [-0.3, -0.25) is 4.79 Å². The Morgan fingerprint density at radius 2 is 2.11 bits per heavy atom. The van der Waals surface area contributed by atoms with E-state index in [0.29, 0.717) is 17.9 Å². The Hall–Kier alpha value is -1.49. The number of fused-ring (bicyclic) bond motifs is 1. The number of hydrogen-bond acceptors (Lipinski definition) is 5. The number of anilines is 1. The van der Waals surface area contributed by atoms with Crippen LogP contribution >= 0.6 is 0 Å². The van der Waals surface area contributed by atoms with Crippen LogP contribution in [0.25, 0.3) is 0 Å². The standard InChI is InChI=1S/C13H17N3O2/c1-9-6-11-10(12(17)7-9)8-14-13(15-11)16-2-4-18-5-3-16/h8-9H,2-7H2,1H3/t9-/m0/s1. The Bertz CT molecular complexity index is 469. The van der Waals surface area contributed by atoms with E-state index in [0.717, 1.165) is 44.4 Å². The lowest BCUT2D eigenvalue weighted by Crippen LogP contribution is -2.37. The molecule has 0 bridgehead atoms. The lowest BCUT2D eigenvalue weighted by Gasteiger charge is -2.28. The van der Waals surface area contributed by atoms with Crippen LogP contribution in [-0.2, 0) is 11.2 Å². The first-order valence-corrected chi connectivity index (χ1v) is 6.46. The Kier molecular flexibility index (Phi) is 2.99. The highest BCUT2D eigenvalue weighted by Gasteiger charge is 2.25. The van der Waals surface area contributed by atoms with Crippen LogP contribution in [-0.4, -0.2) is 42.1 Å². The van der Waals surface area contributed by atoms with Crippen LogP contribution in [0.4, 0.5) is 5.95 Å². The molecule has 96 valence electrons. The molecule has 1 aromatic heterocycles. The molecule has 5 nitrogen and oxygen atoms in total. The van der Waals surface area contributed by atoms with Gasteiger partial charge in [-0.2, -0.15) is 0 Å². The molecule has 2 heterocycles. The SMILES string of the molecule is C[C@@H]1CC(=O)c2cnc(N3CCOCC3)nc2C1. The van der Waals surface area contributed by atoms with Crippen molar-refractivity contribution in [2.75, 3.05) is 31.2 Å². The van der Waals surface area contributed by atoms with E-state index in [9.17, 15) is 4.79 Å². The monoisotopic (exact) mass is 247 g/mol. The van der Waals surface area contributed by atoms with E-state index in [1.807, 2.05) is 0 Å². The number of carbonyl (C=O) groups is 1. The van der Waals surface area contributed by atoms with Crippen molar-refractivity contribution in [2.24, 2.45) is 5.92 Å². The summed E-state index contributed by atoms with van der Waals surface area (Å²) in [6.07, 6.45) is 3.19. The minimum Gasteiger partial charge on any atom is -0.378 e. The molecule has 1 aliphatic heterocycles. The number of rotatable bonds is 1. The summed E-state index contributed by atoms with van der Waals surface area (Å²) in [7, 11) is 0. The number of ether oxygens (including phenoxy) is 1. The second-order valence-electron chi connectivity index (χ2n) is 5.07. The van der Waals surface area contributed by atoms with Crippen molar-refractivity contribution in [3.8, 4) is 0 Å². The molecule has 2 aliphatic rings. The van der Waals surface area contributed by atoms with E-state index >= 15 is 0 Å². The van der Waals surface area contributed by atoms with Crippen molar-refractivity contribution in [3.05, 3.63) is 17.5 Å². The summed E-state index contributed by atoms with van der Waals surface area (Å²) in [6, 6.07) is 0. The molecule has 1 aliphatic carbocycles. The van der Waals surface area contributed by atoms with E-state index in [1.54, 1.807) is 6.20 Å².